The van der Waals surface area contributed by atoms with Crippen LogP contribution in [-0.2, 0) is 16.0 Å². The van der Waals surface area contributed by atoms with Gasteiger partial charge in [0.05, 0.1) is 12.6 Å². The minimum absolute atomic E-state index is 0.0103. The Morgan fingerprint density at radius 3 is 2.50 bits per heavy atom. The van der Waals surface area contributed by atoms with Crippen LogP contribution in [0.25, 0.3) is 0 Å². The number of rotatable bonds is 4. The molecule has 1 heterocycles. The van der Waals surface area contributed by atoms with Crippen LogP contribution in [0.2, 0.25) is 0 Å². The van der Waals surface area contributed by atoms with Gasteiger partial charge in [-0.2, -0.15) is 0 Å². The van der Waals surface area contributed by atoms with Gasteiger partial charge in [0.1, 0.15) is 0 Å². The van der Waals surface area contributed by atoms with E-state index in [-0.39, 0.29) is 24.7 Å². The van der Waals surface area contributed by atoms with E-state index >= 15 is 0 Å². The minimum atomic E-state index is -0.741. The number of hydrogen-bond donors (Lipinski definition) is 2. The van der Waals surface area contributed by atoms with Crippen molar-refractivity contribution in [3.63, 3.8) is 0 Å². The predicted molar refractivity (Wildman–Crippen MR) is 92.7 cm³/mol. The van der Waals surface area contributed by atoms with Gasteiger partial charge in [0.25, 0.3) is 0 Å². The van der Waals surface area contributed by atoms with E-state index in [0.29, 0.717) is 6.54 Å². The molecule has 0 bridgehead atoms. The zero-order valence-electron chi connectivity index (χ0n) is 14.8. The van der Waals surface area contributed by atoms with Crippen LogP contribution < -0.4 is 11.1 Å². The lowest BCUT2D eigenvalue weighted by Crippen LogP contribution is -2.56. The average Bonchev–Trinajstić information content (AvgIpc) is 2.45. The number of ether oxygens (including phenoxy) is 1. The van der Waals surface area contributed by atoms with Gasteiger partial charge in [-0.3, -0.25) is 4.79 Å². The number of aryl methyl sites for hydroxylation is 2. The molecule has 1 fully saturated rings. The summed E-state index contributed by atoms with van der Waals surface area (Å²) in [5, 5.41) is 3.00. The summed E-state index contributed by atoms with van der Waals surface area (Å²) in [7, 11) is 0. The van der Waals surface area contributed by atoms with Gasteiger partial charge in [0, 0.05) is 12.6 Å². The van der Waals surface area contributed by atoms with Crippen LogP contribution >= 0.6 is 0 Å². The van der Waals surface area contributed by atoms with E-state index < -0.39 is 12.0 Å². The summed E-state index contributed by atoms with van der Waals surface area (Å²) in [6, 6.07) is 6.20. The number of nitrogens with two attached hydrogens (primary N) is 1. The molecule has 2 rings (SSSR count). The molecule has 6 nitrogen and oxygen atoms in total. The molecule has 1 aliphatic heterocycles. The van der Waals surface area contributed by atoms with Crippen LogP contribution in [0.3, 0.4) is 0 Å². The predicted octanol–water partition coefficient (Wildman–Crippen LogP) is 1.52. The van der Waals surface area contributed by atoms with E-state index in [9.17, 15) is 9.59 Å². The fraction of sp³-hybridized carbons (Fsp3) is 0.556. The molecule has 1 aromatic carbocycles. The van der Waals surface area contributed by atoms with Gasteiger partial charge in [0.2, 0.25) is 5.91 Å². The molecule has 0 spiro atoms. The Balaban J connectivity index is 1.94. The zero-order chi connectivity index (χ0) is 17.9. The molecule has 3 amide bonds. The maximum atomic E-state index is 12.5. The fourth-order valence-corrected chi connectivity index (χ4v) is 3.17. The first-order chi connectivity index (χ1) is 11.2. The molecule has 0 radical (unpaired) electrons. The molecule has 3 atom stereocenters. The number of benzene rings is 1. The monoisotopic (exact) mass is 333 g/mol. The molecular formula is C18H27N3O3. The Bertz CT molecular complexity index is 597. The quantitative estimate of drug-likeness (QED) is 0.876. The van der Waals surface area contributed by atoms with E-state index in [1.807, 2.05) is 13.8 Å². The first-order valence-corrected chi connectivity index (χ1v) is 8.32. The SMILES string of the molecule is Cc1cc(C)cc(C[C@H](C)NC(=O)N2C[C@@H](C)O[C@H](C(N)=O)C2)c1. The van der Waals surface area contributed by atoms with E-state index in [4.69, 9.17) is 10.5 Å². The van der Waals surface area contributed by atoms with Gasteiger partial charge in [-0.15, -0.1) is 0 Å². The highest BCUT2D eigenvalue weighted by atomic mass is 16.5. The summed E-state index contributed by atoms with van der Waals surface area (Å²) in [4.78, 5) is 25.4. The Hall–Kier alpha value is -2.08. The third-order valence-electron chi connectivity index (χ3n) is 4.06. The maximum absolute atomic E-state index is 12.5. The molecule has 0 aromatic heterocycles. The normalized spacial score (nSPS) is 22.1. The molecule has 1 saturated heterocycles. The standard InChI is InChI=1S/C18H27N3O3/c1-11-5-12(2)7-15(6-11)8-13(3)20-18(23)21-9-14(4)24-16(10-21)17(19)22/h5-7,13-14,16H,8-10H2,1-4H3,(H2,19,22)(H,20,23)/t13-,14+,16-/m0/s1. The van der Waals surface area contributed by atoms with E-state index in [0.717, 1.165) is 6.42 Å². The molecule has 6 heteroatoms. The number of hydrogen-bond acceptors (Lipinski definition) is 3. The van der Waals surface area contributed by atoms with E-state index in [1.54, 1.807) is 4.90 Å². The number of carbonyl (C=O) groups is 2. The van der Waals surface area contributed by atoms with Gasteiger partial charge in [-0.05, 0) is 39.7 Å². The van der Waals surface area contributed by atoms with Crippen molar-refractivity contribution in [2.24, 2.45) is 5.73 Å². The van der Waals surface area contributed by atoms with Crippen molar-refractivity contribution in [1.82, 2.24) is 10.2 Å². The lowest BCUT2D eigenvalue weighted by Gasteiger charge is -2.36. The van der Waals surface area contributed by atoms with Crippen LogP contribution in [0.4, 0.5) is 4.79 Å². The first-order valence-electron chi connectivity index (χ1n) is 8.32. The molecule has 1 aromatic rings. The summed E-state index contributed by atoms with van der Waals surface area (Å²) < 4.78 is 5.46. The van der Waals surface area contributed by atoms with Crippen LogP contribution in [-0.4, -0.2) is 48.2 Å². The number of amides is 3. The lowest BCUT2D eigenvalue weighted by atomic mass is 10.0. The van der Waals surface area contributed by atoms with Crippen molar-refractivity contribution in [2.45, 2.75) is 52.4 Å². The van der Waals surface area contributed by atoms with Crippen molar-refractivity contribution in [3.05, 3.63) is 34.9 Å². The van der Waals surface area contributed by atoms with Crippen molar-refractivity contribution >= 4 is 11.9 Å². The third-order valence-corrected chi connectivity index (χ3v) is 4.06. The highest BCUT2D eigenvalue weighted by Crippen LogP contribution is 2.13. The van der Waals surface area contributed by atoms with Gasteiger partial charge >= 0.3 is 6.03 Å². The van der Waals surface area contributed by atoms with Crippen molar-refractivity contribution in [2.75, 3.05) is 13.1 Å². The number of morpholine rings is 1. The topological polar surface area (TPSA) is 84.7 Å². The minimum Gasteiger partial charge on any atom is -0.367 e. The fourth-order valence-electron chi connectivity index (χ4n) is 3.17. The highest BCUT2D eigenvalue weighted by molar-refractivity contribution is 5.81. The van der Waals surface area contributed by atoms with Gasteiger partial charge in [-0.25, -0.2) is 4.79 Å². The van der Waals surface area contributed by atoms with Crippen LogP contribution in [0.1, 0.15) is 30.5 Å². The Labute approximate surface area is 143 Å². The second kappa shape index (κ2) is 7.66. The lowest BCUT2D eigenvalue weighted by molar-refractivity contribution is -0.139. The summed E-state index contributed by atoms with van der Waals surface area (Å²) in [6.45, 7) is 8.59. The summed E-state index contributed by atoms with van der Waals surface area (Å²) in [5.74, 6) is -0.539. The van der Waals surface area contributed by atoms with Gasteiger partial charge < -0.3 is 20.7 Å². The third kappa shape index (κ3) is 4.96. The van der Waals surface area contributed by atoms with Crippen LogP contribution in [0, 0.1) is 13.8 Å². The van der Waals surface area contributed by atoms with Crippen molar-refractivity contribution in [1.29, 1.82) is 0 Å². The highest BCUT2D eigenvalue weighted by Gasteiger charge is 2.31. The number of nitrogens with zero attached hydrogens (tertiary/aromatic N) is 1. The number of urea groups is 1. The van der Waals surface area contributed by atoms with E-state index in [1.165, 1.54) is 16.7 Å². The smallest absolute Gasteiger partial charge is 0.317 e. The molecule has 0 aliphatic carbocycles. The molecule has 24 heavy (non-hydrogen) atoms. The summed E-state index contributed by atoms with van der Waals surface area (Å²) >= 11 is 0. The zero-order valence-corrected chi connectivity index (χ0v) is 14.8. The van der Waals surface area contributed by atoms with Crippen LogP contribution in [0.15, 0.2) is 18.2 Å². The van der Waals surface area contributed by atoms with Crippen molar-refractivity contribution in [3.8, 4) is 0 Å². The van der Waals surface area contributed by atoms with Crippen LogP contribution in [0.5, 0.6) is 0 Å². The summed E-state index contributed by atoms with van der Waals surface area (Å²) in [6.07, 6.45) is -0.195. The molecule has 1 aliphatic rings. The maximum Gasteiger partial charge on any atom is 0.317 e. The second-order valence-corrected chi connectivity index (χ2v) is 6.79. The molecule has 0 saturated carbocycles. The van der Waals surface area contributed by atoms with Gasteiger partial charge in [0.15, 0.2) is 6.10 Å². The molecule has 3 N–H and O–H groups in total. The average molecular weight is 333 g/mol. The first kappa shape index (κ1) is 18.3. The second-order valence-electron chi connectivity index (χ2n) is 6.79. The molecular weight excluding hydrogens is 306 g/mol. The Kier molecular flexibility index (Phi) is 5.83. The van der Waals surface area contributed by atoms with E-state index in [2.05, 4.69) is 37.4 Å². The largest absolute Gasteiger partial charge is 0.367 e. The van der Waals surface area contributed by atoms with Crippen molar-refractivity contribution < 1.29 is 14.3 Å². The number of carbonyl (C=O) groups excluding carboxylic acids is 2. The molecule has 132 valence electrons. The number of primary amides is 1. The Morgan fingerprint density at radius 1 is 1.29 bits per heavy atom. The molecule has 0 unspecified atom stereocenters. The van der Waals surface area contributed by atoms with Gasteiger partial charge in [-0.1, -0.05) is 29.3 Å². The summed E-state index contributed by atoms with van der Waals surface area (Å²) in [5.41, 5.74) is 8.94. The Morgan fingerprint density at radius 2 is 1.92 bits per heavy atom. The number of nitrogens with one attached hydrogen (secondary N) is 1.